The average molecular weight is 216 g/mol. The minimum absolute atomic E-state index is 0.0298. The third kappa shape index (κ3) is 2.44. The Morgan fingerprint density at radius 1 is 1.36 bits per heavy atom. The zero-order chi connectivity index (χ0) is 10.7. The third-order valence-electron chi connectivity index (χ3n) is 2.32. The first-order valence-corrected chi connectivity index (χ1v) is 5.22. The molecule has 1 aromatic rings. The summed E-state index contributed by atoms with van der Waals surface area (Å²) in [6.45, 7) is 5.93. The van der Waals surface area contributed by atoms with Crippen LogP contribution in [0, 0.1) is 11.7 Å². The van der Waals surface area contributed by atoms with Crippen LogP contribution >= 0.6 is 11.6 Å². The summed E-state index contributed by atoms with van der Waals surface area (Å²) >= 11 is 6.04. The molecule has 1 rings (SSSR count). The average Bonchev–Trinajstić information content (AvgIpc) is 2.07. The Bertz CT molecular complexity index is 291. The van der Waals surface area contributed by atoms with Crippen molar-refractivity contribution >= 4 is 11.6 Å². The van der Waals surface area contributed by atoms with E-state index in [2.05, 4.69) is 4.98 Å². The van der Waals surface area contributed by atoms with E-state index in [1.54, 1.807) is 12.3 Å². The van der Waals surface area contributed by atoms with Crippen LogP contribution in [0.25, 0.3) is 0 Å². The molecule has 1 heterocycles. The van der Waals surface area contributed by atoms with Crippen molar-refractivity contribution in [2.45, 2.75) is 32.1 Å². The highest BCUT2D eigenvalue weighted by Gasteiger charge is 2.24. The maximum absolute atomic E-state index is 13.4. The van der Waals surface area contributed by atoms with E-state index in [1.165, 1.54) is 6.07 Å². The molecule has 0 N–H and O–H groups in total. The number of hydrogen-bond donors (Lipinski definition) is 0. The summed E-state index contributed by atoms with van der Waals surface area (Å²) < 4.78 is 13.4. The lowest BCUT2D eigenvalue weighted by atomic mass is 9.89. The van der Waals surface area contributed by atoms with Gasteiger partial charge in [-0.05, 0) is 25.0 Å². The highest BCUT2D eigenvalue weighted by Crippen LogP contribution is 2.30. The Morgan fingerprint density at radius 3 is 2.43 bits per heavy atom. The summed E-state index contributed by atoms with van der Waals surface area (Å²) in [5.41, 5.74) is 0.477. The molecular formula is C11H15ClFN. The summed E-state index contributed by atoms with van der Waals surface area (Å²) in [6, 6.07) is 3.02. The van der Waals surface area contributed by atoms with Crippen LogP contribution in [0.5, 0.6) is 0 Å². The van der Waals surface area contributed by atoms with Gasteiger partial charge in [-0.25, -0.2) is 4.39 Å². The second-order valence-electron chi connectivity index (χ2n) is 3.82. The monoisotopic (exact) mass is 215 g/mol. The molecule has 0 saturated carbocycles. The Kier molecular flexibility index (Phi) is 3.87. The minimum Gasteiger partial charge on any atom is -0.258 e. The second-order valence-corrected chi connectivity index (χ2v) is 4.51. The maximum atomic E-state index is 13.4. The Hall–Kier alpha value is -0.630. The zero-order valence-electron chi connectivity index (χ0n) is 8.67. The van der Waals surface area contributed by atoms with Crippen LogP contribution in [0.15, 0.2) is 18.3 Å². The number of alkyl halides is 1. The highest BCUT2D eigenvalue weighted by atomic mass is 35.5. The predicted molar refractivity (Wildman–Crippen MR) is 57.1 cm³/mol. The number of halogens is 2. The zero-order valence-corrected chi connectivity index (χ0v) is 9.42. The molecule has 2 atom stereocenters. The Labute approximate surface area is 89.3 Å². The Morgan fingerprint density at radius 2 is 2.00 bits per heavy atom. The van der Waals surface area contributed by atoms with E-state index >= 15 is 0 Å². The standard InChI is InChI=1S/C11H15ClFN/c1-7(2)10(8(3)12)11-9(13)5-4-6-14-11/h4-8,10H,1-3H3. The van der Waals surface area contributed by atoms with Crippen molar-refractivity contribution in [1.82, 2.24) is 4.98 Å². The molecule has 0 saturated heterocycles. The van der Waals surface area contributed by atoms with Gasteiger partial charge in [-0.1, -0.05) is 13.8 Å². The molecule has 0 aliphatic carbocycles. The van der Waals surface area contributed by atoms with E-state index in [0.29, 0.717) is 5.69 Å². The maximum Gasteiger partial charge on any atom is 0.145 e. The van der Waals surface area contributed by atoms with Crippen molar-refractivity contribution in [3.8, 4) is 0 Å². The smallest absolute Gasteiger partial charge is 0.145 e. The first kappa shape index (κ1) is 11.4. The summed E-state index contributed by atoms with van der Waals surface area (Å²) in [5.74, 6) is -0.0107. The van der Waals surface area contributed by atoms with Gasteiger partial charge in [0.05, 0.1) is 5.69 Å². The largest absolute Gasteiger partial charge is 0.258 e. The van der Waals surface area contributed by atoms with Crippen LogP contribution < -0.4 is 0 Å². The van der Waals surface area contributed by atoms with Gasteiger partial charge >= 0.3 is 0 Å². The number of nitrogens with zero attached hydrogens (tertiary/aromatic N) is 1. The quantitative estimate of drug-likeness (QED) is 0.703. The molecule has 0 bridgehead atoms. The third-order valence-corrected chi connectivity index (χ3v) is 2.59. The number of hydrogen-bond acceptors (Lipinski definition) is 1. The van der Waals surface area contributed by atoms with Crippen LogP contribution in [0.1, 0.15) is 32.4 Å². The van der Waals surface area contributed by atoms with Gasteiger partial charge in [0.25, 0.3) is 0 Å². The number of aromatic nitrogens is 1. The van der Waals surface area contributed by atoms with Gasteiger partial charge in [-0.15, -0.1) is 11.6 Å². The molecule has 1 nitrogen and oxygen atoms in total. The topological polar surface area (TPSA) is 12.9 Å². The molecule has 0 amide bonds. The normalized spacial score (nSPS) is 15.6. The summed E-state index contributed by atoms with van der Waals surface area (Å²) in [5, 5.41) is -0.112. The van der Waals surface area contributed by atoms with Gasteiger partial charge in [-0.3, -0.25) is 4.98 Å². The lowest BCUT2D eigenvalue weighted by Crippen LogP contribution is -2.18. The van der Waals surface area contributed by atoms with Crippen molar-refractivity contribution < 1.29 is 4.39 Å². The van der Waals surface area contributed by atoms with Gasteiger partial charge in [0.15, 0.2) is 0 Å². The van der Waals surface area contributed by atoms with Crippen molar-refractivity contribution in [3.63, 3.8) is 0 Å². The van der Waals surface area contributed by atoms with Crippen molar-refractivity contribution in [2.24, 2.45) is 5.92 Å². The van der Waals surface area contributed by atoms with Gasteiger partial charge < -0.3 is 0 Å². The van der Waals surface area contributed by atoms with Gasteiger partial charge in [0, 0.05) is 17.5 Å². The van der Waals surface area contributed by atoms with Crippen molar-refractivity contribution in [3.05, 3.63) is 29.8 Å². The van der Waals surface area contributed by atoms with E-state index in [-0.39, 0.29) is 23.0 Å². The molecule has 0 radical (unpaired) electrons. The molecule has 0 spiro atoms. The number of pyridine rings is 1. The van der Waals surface area contributed by atoms with Crippen molar-refractivity contribution in [1.29, 1.82) is 0 Å². The van der Waals surface area contributed by atoms with E-state index in [4.69, 9.17) is 11.6 Å². The first-order chi connectivity index (χ1) is 6.54. The fourth-order valence-corrected chi connectivity index (χ4v) is 2.12. The molecule has 0 aliphatic rings. The number of rotatable bonds is 3. The fraction of sp³-hybridized carbons (Fsp3) is 0.545. The lowest BCUT2D eigenvalue weighted by molar-refractivity contribution is 0.453. The van der Waals surface area contributed by atoms with E-state index < -0.39 is 0 Å². The molecule has 3 heteroatoms. The van der Waals surface area contributed by atoms with Crippen LogP contribution in [-0.4, -0.2) is 10.4 Å². The fourth-order valence-electron chi connectivity index (χ4n) is 1.71. The predicted octanol–water partition coefficient (Wildman–Crippen LogP) is 3.59. The van der Waals surface area contributed by atoms with Crippen molar-refractivity contribution in [2.75, 3.05) is 0 Å². The Balaban J connectivity index is 3.05. The van der Waals surface area contributed by atoms with E-state index in [1.807, 2.05) is 20.8 Å². The van der Waals surface area contributed by atoms with Crippen LogP contribution in [0.2, 0.25) is 0 Å². The summed E-state index contributed by atoms with van der Waals surface area (Å²) in [6.07, 6.45) is 1.60. The molecule has 14 heavy (non-hydrogen) atoms. The molecule has 0 fully saturated rings. The molecule has 0 aliphatic heterocycles. The molecular weight excluding hydrogens is 201 g/mol. The molecule has 2 unspecified atom stereocenters. The molecule has 0 aromatic carbocycles. The minimum atomic E-state index is -0.265. The van der Waals surface area contributed by atoms with Gasteiger partial charge in [0.2, 0.25) is 0 Å². The van der Waals surface area contributed by atoms with E-state index in [9.17, 15) is 4.39 Å². The summed E-state index contributed by atoms with van der Waals surface area (Å²) in [4.78, 5) is 4.06. The molecule has 1 aromatic heterocycles. The summed E-state index contributed by atoms with van der Waals surface area (Å²) in [7, 11) is 0. The van der Waals surface area contributed by atoms with E-state index in [0.717, 1.165) is 0 Å². The second kappa shape index (κ2) is 4.74. The van der Waals surface area contributed by atoms with Gasteiger partial charge in [0.1, 0.15) is 5.82 Å². The SMILES string of the molecule is CC(C)C(c1ncccc1F)C(C)Cl. The molecule has 78 valence electrons. The first-order valence-electron chi connectivity index (χ1n) is 4.78. The highest BCUT2D eigenvalue weighted by molar-refractivity contribution is 6.20. The lowest BCUT2D eigenvalue weighted by Gasteiger charge is -2.22. The van der Waals surface area contributed by atoms with Gasteiger partial charge in [-0.2, -0.15) is 0 Å². The van der Waals surface area contributed by atoms with Crippen LogP contribution in [0.4, 0.5) is 4.39 Å². The van der Waals surface area contributed by atoms with Crippen LogP contribution in [0.3, 0.4) is 0 Å². The van der Waals surface area contributed by atoms with Crippen LogP contribution in [-0.2, 0) is 0 Å².